The van der Waals surface area contributed by atoms with Gasteiger partial charge in [-0.15, -0.1) is 0 Å². The number of hydrogen-bond acceptors (Lipinski definition) is 8. The van der Waals surface area contributed by atoms with Gasteiger partial charge in [-0.05, 0) is 68.3 Å². The van der Waals surface area contributed by atoms with Crippen molar-refractivity contribution in [3.05, 3.63) is 83.2 Å². The third-order valence-electron chi connectivity index (χ3n) is 5.21. The number of aliphatic hydroxyl groups is 1. The lowest BCUT2D eigenvalue weighted by Gasteiger charge is -2.12. The number of amides is 2. The molecule has 0 spiro atoms. The first kappa shape index (κ1) is 27.6. The standard InChI is InChI=1S/C26H29N3O7S/c1-3-35-23-12-8-19(15-24(23)36-4-2)25(31)27-14-13-18-5-10-22(11-6-18)37(33,34)29-26(32)20-7-9-21(17-30)28-16-20/h5-12,15-16,30H,3-4,13-14,17H2,1-2H3,(H,27,31)(H,29,32). The molecule has 0 atom stereocenters. The zero-order valence-corrected chi connectivity index (χ0v) is 21.4. The van der Waals surface area contributed by atoms with Gasteiger partial charge in [0.15, 0.2) is 11.5 Å². The van der Waals surface area contributed by atoms with Crippen molar-refractivity contribution in [3.63, 3.8) is 0 Å². The van der Waals surface area contributed by atoms with Crippen molar-refractivity contribution < 1.29 is 32.6 Å². The van der Waals surface area contributed by atoms with Crippen LogP contribution in [0, 0.1) is 0 Å². The minimum atomic E-state index is -4.10. The van der Waals surface area contributed by atoms with Gasteiger partial charge in [0.1, 0.15) is 0 Å². The summed E-state index contributed by atoms with van der Waals surface area (Å²) >= 11 is 0. The lowest BCUT2D eigenvalue weighted by Crippen LogP contribution is -2.30. The smallest absolute Gasteiger partial charge is 0.266 e. The Morgan fingerprint density at radius 3 is 2.19 bits per heavy atom. The first-order valence-corrected chi connectivity index (χ1v) is 13.2. The van der Waals surface area contributed by atoms with Crippen molar-refractivity contribution >= 4 is 21.8 Å². The van der Waals surface area contributed by atoms with E-state index in [1.165, 1.54) is 30.5 Å². The Hall–Kier alpha value is -3.96. The molecule has 0 aliphatic heterocycles. The second kappa shape index (κ2) is 12.8. The molecule has 0 aliphatic carbocycles. The average molecular weight is 528 g/mol. The van der Waals surface area contributed by atoms with E-state index in [0.29, 0.717) is 48.9 Å². The molecule has 0 unspecified atom stereocenters. The van der Waals surface area contributed by atoms with Crippen LogP contribution in [0.2, 0.25) is 0 Å². The minimum Gasteiger partial charge on any atom is -0.490 e. The molecule has 0 aliphatic rings. The van der Waals surface area contributed by atoms with Gasteiger partial charge in [-0.2, -0.15) is 0 Å². The number of carbonyl (C=O) groups is 2. The fraction of sp³-hybridized carbons (Fsp3) is 0.269. The summed E-state index contributed by atoms with van der Waals surface area (Å²) < 4.78 is 38.2. The van der Waals surface area contributed by atoms with E-state index >= 15 is 0 Å². The summed E-state index contributed by atoms with van der Waals surface area (Å²) in [7, 11) is -4.10. The third kappa shape index (κ3) is 7.51. The van der Waals surface area contributed by atoms with Gasteiger partial charge in [0.2, 0.25) is 0 Å². The summed E-state index contributed by atoms with van der Waals surface area (Å²) in [6.07, 6.45) is 1.66. The molecule has 0 radical (unpaired) electrons. The maximum absolute atomic E-state index is 12.6. The molecule has 0 saturated carbocycles. The van der Waals surface area contributed by atoms with Gasteiger partial charge >= 0.3 is 0 Å². The lowest BCUT2D eigenvalue weighted by atomic mass is 10.1. The molecule has 1 aromatic heterocycles. The Balaban J connectivity index is 1.56. The monoisotopic (exact) mass is 527 g/mol. The zero-order valence-electron chi connectivity index (χ0n) is 20.6. The Morgan fingerprint density at radius 1 is 0.892 bits per heavy atom. The molecule has 2 amide bonds. The first-order chi connectivity index (χ1) is 17.8. The highest BCUT2D eigenvalue weighted by molar-refractivity contribution is 7.90. The largest absolute Gasteiger partial charge is 0.490 e. The van der Waals surface area contributed by atoms with Crippen LogP contribution in [-0.4, -0.2) is 50.1 Å². The van der Waals surface area contributed by atoms with Crippen LogP contribution < -0.4 is 19.5 Å². The number of aliphatic hydroxyl groups excluding tert-OH is 1. The van der Waals surface area contributed by atoms with Gasteiger partial charge in [0.25, 0.3) is 21.8 Å². The summed E-state index contributed by atoms with van der Waals surface area (Å²) in [4.78, 5) is 28.6. The number of benzene rings is 2. The summed E-state index contributed by atoms with van der Waals surface area (Å²) in [6.45, 7) is 4.68. The van der Waals surface area contributed by atoms with E-state index in [0.717, 1.165) is 5.56 Å². The molecular weight excluding hydrogens is 498 g/mol. The topological polar surface area (TPSA) is 144 Å². The Kier molecular flexibility index (Phi) is 9.58. The average Bonchev–Trinajstić information content (AvgIpc) is 2.90. The molecule has 1 heterocycles. The molecule has 0 fully saturated rings. The van der Waals surface area contributed by atoms with E-state index in [1.807, 2.05) is 18.6 Å². The second-order valence-electron chi connectivity index (χ2n) is 7.81. The van der Waals surface area contributed by atoms with Crippen LogP contribution in [0.1, 0.15) is 45.8 Å². The van der Waals surface area contributed by atoms with Crippen LogP contribution in [-0.2, 0) is 23.1 Å². The van der Waals surface area contributed by atoms with Crippen molar-refractivity contribution in [2.24, 2.45) is 0 Å². The normalized spacial score (nSPS) is 11.0. The quantitative estimate of drug-likeness (QED) is 0.326. The summed E-state index contributed by atoms with van der Waals surface area (Å²) in [5.41, 5.74) is 1.65. The number of sulfonamides is 1. The zero-order chi connectivity index (χ0) is 26.8. The molecule has 0 bridgehead atoms. The highest BCUT2D eigenvalue weighted by Crippen LogP contribution is 2.28. The van der Waals surface area contributed by atoms with E-state index in [1.54, 1.807) is 30.3 Å². The Labute approximate surface area is 215 Å². The maximum Gasteiger partial charge on any atom is 0.266 e. The van der Waals surface area contributed by atoms with E-state index in [9.17, 15) is 18.0 Å². The third-order valence-corrected chi connectivity index (χ3v) is 6.56. The molecule has 3 rings (SSSR count). The minimum absolute atomic E-state index is 0.0500. The van der Waals surface area contributed by atoms with Crippen molar-refractivity contribution in [1.29, 1.82) is 0 Å². The van der Waals surface area contributed by atoms with Crippen LogP contribution in [0.4, 0.5) is 0 Å². The molecule has 196 valence electrons. The van der Waals surface area contributed by atoms with Crippen LogP contribution >= 0.6 is 0 Å². The number of aromatic nitrogens is 1. The number of rotatable bonds is 12. The molecule has 0 saturated heterocycles. The van der Waals surface area contributed by atoms with Gasteiger partial charge in [-0.25, -0.2) is 13.1 Å². The highest BCUT2D eigenvalue weighted by Gasteiger charge is 2.19. The number of hydrogen-bond donors (Lipinski definition) is 3. The maximum atomic E-state index is 12.6. The molecule has 11 heteroatoms. The van der Waals surface area contributed by atoms with Crippen molar-refractivity contribution in [3.8, 4) is 11.5 Å². The number of pyridine rings is 1. The second-order valence-corrected chi connectivity index (χ2v) is 9.49. The first-order valence-electron chi connectivity index (χ1n) is 11.7. The molecule has 3 N–H and O–H groups in total. The van der Waals surface area contributed by atoms with E-state index in [-0.39, 0.29) is 23.0 Å². The Morgan fingerprint density at radius 2 is 1.57 bits per heavy atom. The van der Waals surface area contributed by atoms with Crippen LogP contribution in [0.25, 0.3) is 0 Å². The van der Waals surface area contributed by atoms with Gasteiger partial charge in [-0.3, -0.25) is 14.6 Å². The predicted molar refractivity (Wildman–Crippen MR) is 136 cm³/mol. The van der Waals surface area contributed by atoms with Crippen molar-refractivity contribution in [2.45, 2.75) is 31.8 Å². The number of nitrogens with one attached hydrogen (secondary N) is 2. The summed E-state index contributed by atoms with van der Waals surface area (Å²) in [6, 6.07) is 13.8. The predicted octanol–water partition coefficient (Wildman–Crippen LogP) is 2.46. The number of ether oxygens (including phenoxy) is 2. The van der Waals surface area contributed by atoms with E-state index < -0.39 is 15.9 Å². The van der Waals surface area contributed by atoms with E-state index in [4.69, 9.17) is 14.6 Å². The van der Waals surface area contributed by atoms with Gasteiger partial charge in [-0.1, -0.05) is 12.1 Å². The Bertz CT molecular complexity index is 1330. The lowest BCUT2D eigenvalue weighted by molar-refractivity contribution is 0.0951. The number of carbonyl (C=O) groups excluding carboxylic acids is 2. The molecule has 10 nitrogen and oxygen atoms in total. The van der Waals surface area contributed by atoms with Gasteiger partial charge in [0.05, 0.1) is 36.0 Å². The molecule has 3 aromatic rings. The van der Waals surface area contributed by atoms with Crippen LogP contribution in [0.15, 0.2) is 65.7 Å². The van der Waals surface area contributed by atoms with Crippen LogP contribution in [0.3, 0.4) is 0 Å². The SMILES string of the molecule is CCOc1ccc(C(=O)NCCc2ccc(S(=O)(=O)NC(=O)c3ccc(CO)nc3)cc2)cc1OCC. The molecule has 2 aromatic carbocycles. The van der Waals surface area contributed by atoms with Crippen molar-refractivity contribution in [1.82, 2.24) is 15.0 Å². The fourth-order valence-corrected chi connectivity index (χ4v) is 4.32. The molecule has 37 heavy (non-hydrogen) atoms. The van der Waals surface area contributed by atoms with Crippen LogP contribution in [0.5, 0.6) is 11.5 Å². The summed E-state index contributed by atoms with van der Waals surface area (Å²) in [5.74, 6) is -0.0271. The highest BCUT2D eigenvalue weighted by atomic mass is 32.2. The van der Waals surface area contributed by atoms with Gasteiger partial charge < -0.3 is 19.9 Å². The summed E-state index contributed by atoms with van der Waals surface area (Å²) in [5, 5.41) is 11.9. The number of nitrogens with zero attached hydrogens (tertiary/aromatic N) is 1. The van der Waals surface area contributed by atoms with Gasteiger partial charge in [0, 0.05) is 18.3 Å². The molecular formula is C26H29N3O7S. The van der Waals surface area contributed by atoms with E-state index in [2.05, 4.69) is 10.3 Å². The fourth-order valence-electron chi connectivity index (χ4n) is 3.34. The van der Waals surface area contributed by atoms with Crippen molar-refractivity contribution in [2.75, 3.05) is 19.8 Å².